The van der Waals surface area contributed by atoms with Gasteiger partial charge in [0.15, 0.2) is 0 Å². The van der Waals surface area contributed by atoms with Crippen LogP contribution in [0.3, 0.4) is 0 Å². The molecule has 0 aliphatic carbocycles. The lowest BCUT2D eigenvalue weighted by atomic mass is 10.1. The molecule has 118 valence electrons. The summed E-state index contributed by atoms with van der Waals surface area (Å²) in [7, 11) is 0. The molecule has 2 aromatic rings. The molecule has 1 saturated heterocycles. The van der Waals surface area contributed by atoms with Crippen LogP contribution in [0.15, 0.2) is 18.3 Å². The highest BCUT2D eigenvalue weighted by Gasteiger charge is 2.34. The van der Waals surface area contributed by atoms with Crippen molar-refractivity contribution in [2.24, 2.45) is 0 Å². The molecule has 0 unspecified atom stereocenters. The van der Waals surface area contributed by atoms with E-state index in [4.69, 9.17) is 16.3 Å². The highest BCUT2D eigenvalue weighted by Crippen LogP contribution is 2.34. The second-order valence-corrected chi connectivity index (χ2v) is 7.04. The number of nitrogens with zero attached hydrogens (tertiary/aromatic N) is 2. The van der Waals surface area contributed by atoms with E-state index in [0.29, 0.717) is 11.7 Å². The molecule has 0 saturated carbocycles. The van der Waals surface area contributed by atoms with Crippen LogP contribution in [-0.2, 0) is 4.74 Å². The lowest BCUT2D eigenvalue weighted by Crippen LogP contribution is -2.36. The number of fused-ring (bicyclic) bond motifs is 1. The number of carbonyl (C=O) groups is 1. The van der Waals surface area contributed by atoms with Crippen molar-refractivity contribution < 1.29 is 9.53 Å². The molecule has 5 nitrogen and oxygen atoms in total. The van der Waals surface area contributed by atoms with Crippen LogP contribution in [0.1, 0.15) is 45.3 Å². The second-order valence-electron chi connectivity index (χ2n) is 6.65. The first-order valence-corrected chi connectivity index (χ1v) is 7.85. The average molecular weight is 322 g/mol. The number of H-pyrrole nitrogens is 1. The largest absolute Gasteiger partial charge is 0.444 e. The van der Waals surface area contributed by atoms with Crippen molar-refractivity contribution >= 4 is 28.6 Å². The zero-order chi connectivity index (χ0) is 15.9. The Hall–Kier alpha value is -1.75. The Balaban J connectivity index is 1.86. The lowest BCUT2D eigenvalue weighted by Gasteiger charge is -2.28. The summed E-state index contributed by atoms with van der Waals surface area (Å²) in [4.78, 5) is 21.6. The van der Waals surface area contributed by atoms with Gasteiger partial charge in [0, 0.05) is 23.8 Å². The van der Waals surface area contributed by atoms with Crippen molar-refractivity contribution in [1.82, 2.24) is 14.9 Å². The maximum absolute atomic E-state index is 12.4. The fourth-order valence-electron chi connectivity index (χ4n) is 2.83. The van der Waals surface area contributed by atoms with Crippen molar-refractivity contribution in [3.05, 3.63) is 29.2 Å². The first kappa shape index (κ1) is 15.2. The number of aromatic amines is 1. The molecule has 2 aromatic heterocycles. The van der Waals surface area contributed by atoms with Gasteiger partial charge in [-0.2, -0.15) is 0 Å². The van der Waals surface area contributed by atoms with E-state index >= 15 is 0 Å². The Kier molecular flexibility index (Phi) is 3.77. The van der Waals surface area contributed by atoms with Crippen LogP contribution in [0.5, 0.6) is 0 Å². The molecule has 0 bridgehead atoms. The molecule has 0 aromatic carbocycles. The van der Waals surface area contributed by atoms with Gasteiger partial charge in [-0.15, -0.1) is 0 Å². The summed E-state index contributed by atoms with van der Waals surface area (Å²) in [6.45, 7) is 6.36. The van der Waals surface area contributed by atoms with E-state index in [1.165, 1.54) is 0 Å². The lowest BCUT2D eigenvalue weighted by molar-refractivity contribution is 0.0222. The maximum atomic E-state index is 12.4. The smallest absolute Gasteiger partial charge is 0.410 e. The number of rotatable bonds is 1. The van der Waals surface area contributed by atoms with Crippen LogP contribution < -0.4 is 0 Å². The van der Waals surface area contributed by atoms with Crippen LogP contribution in [-0.4, -0.2) is 33.1 Å². The molecule has 3 rings (SSSR count). The third kappa shape index (κ3) is 3.04. The molecular formula is C16H20ClN3O2. The molecule has 6 heteroatoms. The summed E-state index contributed by atoms with van der Waals surface area (Å²) in [5, 5.41) is 1.45. The standard InChI is InChI=1S/C16H20ClN3O2/c1-16(2,3)22-15(21)20-6-4-5-13(20)12-7-10-9-18-14(17)8-11(10)19-12/h7-9,13,19H,4-6H2,1-3H3/t13-/m1/s1. The Morgan fingerprint density at radius 1 is 1.45 bits per heavy atom. The minimum absolute atomic E-state index is 0.0148. The van der Waals surface area contributed by atoms with Crippen molar-refractivity contribution in [3.8, 4) is 0 Å². The minimum Gasteiger partial charge on any atom is -0.444 e. The summed E-state index contributed by atoms with van der Waals surface area (Å²) < 4.78 is 5.51. The fraction of sp³-hybridized carbons (Fsp3) is 0.500. The summed E-state index contributed by atoms with van der Waals surface area (Å²) in [5.74, 6) is 0. The van der Waals surface area contributed by atoms with Gasteiger partial charge in [-0.25, -0.2) is 9.78 Å². The molecule has 1 N–H and O–H groups in total. The van der Waals surface area contributed by atoms with Gasteiger partial charge >= 0.3 is 6.09 Å². The Morgan fingerprint density at radius 3 is 2.95 bits per heavy atom. The van der Waals surface area contributed by atoms with Crippen LogP contribution in [0.4, 0.5) is 4.79 Å². The number of aromatic nitrogens is 2. The quantitative estimate of drug-likeness (QED) is 0.797. The highest BCUT2D eigenvalue weighted by molar-refractivity contribution is 6.30. The number of pyridine rings is 1. The van der Waals surface area contributed by atoms with Crippen LogP contribution in [0, 0.1) is 0 Å². The number of ether oxygens (including phenoxy) is 1. The predicted molar refractivity (Wildman–Crippen MR) is 86.0 cm³/mol. The Labute approximate surface area is 134 Å². The summed E-state index contributed by atoms with van der Waals surface area (Å²) in [6.07, 6.45) is 3.38. The van der Waals surface area contributed by atoms with E-state index in [-0.39, 0.29) is 12.1 Å². The number of nitrogens with one attached hydrogen (secondary N) is 1. The normalized spacial score (nSPS) is 18.9. The summed E-state index contributed by atoms with van der Waals surface area (Å²) in [5.41, 5.74) is 1.45. The van der Waals surface area contributed by atoms with Gasteiger partial charge in [-0.3, -0.25) is 4.90 Å². The van der Waals surface area contributed by atoms with Gasteiger partial charge in [0.1, 0.15) is 10.8 Å². The first-order valence-electron chi connectivity index (χ1n) is 7.47. The van der Waals surface area contributed by atoms with Crippen LogP contribution >= 0.6 is 11.6 Å². The van der Waals surface area contributed by atoms with E-state index in [9.17, 15) is 4.79 Å². The van der Waals surface area contributed by atoms with E-state index in [0.717, 1.165) is 29.4 Å². The molecule has 1 fully saturated rings. The van der Waals surface area contributed by atoms with E-state index < -0.39 is 5.60 Å². The third-order valence-electron chi connectivity index (χ3n) is 3.73. The summed E-state index contributed by atoms with van der Waals surface area (Å²) in [6, 6.07) is 3.85. The van der Waals surface area contributed by atoms with Gasteiger partial charge in [0.25, 0.3) is 0 Å². The number of carbonyl (C=O) groups excluding carboxylic acids is 1. The Morgan fingerprint density at radius 2 is 2.23 bits per heavy atom. The van der Waals surface area contributed by atoms with Gasteiger partial charge in [-0.1, -0.05) is 11.6 Å². The molecule has 1 aliphatic rings. The zero-order valence-electron chi connectivity index (χ0n) is 13.0. The molecule has 0 spiro atoms. The molecule has 1 amide bonds. The van der Waals surface area contributed by atoms with Gasteiger partial charge in [0.05, 0.1) is 11.6 Å². The average Bonchev–Trinajstić information content (AvgIpc) is 3.01. The molecule has 0 radical (unpaired) electrons. The number of hydrogen-bond acceptors (Lipinski definition) is 3. The third-order valence-corrected chi connectivity index (χ3v) is 3.94. The molecule has 22 heavy (non-hydrogen) atoms. The monoisotopic (exact) mass is 321 g/mol. The number of hydrogen-bond donors (Lipinski definition) is 1. The van der Waals surface area contributed by atoms with Gasteiger partial charge in [0.2, 0.25) is 0 Å². The summed E-state index contributed by atoms with van der Waals surface area (Å²) >= 11 is 5.92. The predicted octanol–water partition coefficient (Wildman–Crippen LogP) is 4.29. The molecular weight excluding hydrogens is 302 g/mol. The van der Waals surface area contributed by atoms with Crippen LogP contribution in [0.25, 0.3) is 10.9 Å². The SMILES string of the molecule is CC(C)(C)OC(=O)N1CCC[C@@H]1c1cc2cnc(Cl)cc2[nH]1. The Bertz CT molecular complexity index is 705. The zero-order valence-corrected chi connectivity index (χ0v) is 13.8. The highest BCUT2D eigenvalue weighted by atomic mass is 35.5. The minimum atomic E-state index is -0.484. The first-order chi connectivity index (χ1) is 10.3. The topological polar surface area (TPSA) is 58.2 Å². The van der Waals surface area contributed by atoms with Crippen molar-refractivity contribution in [1.29, 1.82) is 0 Å². The van der Waals surface area contributed by atoms with E-state index in [1.807, 2.05) is 26.8 Å². The van der Waals surface area contributed by atoms with Gasteiger partial charge < -0.3 is 9.72 Å². The van der Waals surface area contributed by atoms with Crippen molar-refractivity contribution in [2.45, 2.75) is 45.3 Å². The number of amides is 1. The molecule has 1 atom stereocenters. The van der Waals surface area contributed by atoms with E-state index in [2.05, 4.69) is 9.97 Å². The fourth-order valence-corrected chi connectivity index (χ4v) is 2.99. The number of likely N-dealkylation sites (tertiary alicyclic amines) is 1. The van der Waals surface area contributed by atoms with Crippen LogP contribution in [0.2, 0.25) is 5.15 Å². The van der Waals surface area contributed by atoms with Gasteiger partial charge in [-0.05, 0) is 45.7 Å². The number of halogens is 1. The van der Waals surface area contributed by atoms with Crippen molar-refractivity contribution in [2.75, 3.05) is 6.54 Å². The molecule has 1 aliphatic heterocycles. The second kappa shape index (κ2) is 5.47. The van der Waals surface area contributed by atoms with Crippen molar-refractivity contribution in [3.63, 3.8) is 0 Å². The molecule has 3 heterocycles. The van der Waals surface area contributed by atoms with E-state index in [1.54, 1.807) is 17.2 Å². The maximum Gasteiger partial charge on any atom is 0.410 e.